The van der Waals surface area contributed by atoms with Crippen molar-refractivity contribution in [3.8, 4) is 5.75 Å². The van der Waals surface area contributed by atoms with E-state index in [1.54, 1.807) is 4.72 Å². The van der Waals surface area contributed by atoms with Gasteiger partial charge in [-0.1, -0.05) is 0 Å². The largest absolute Gasteiger partial charge is 0.508 e. The first kappa shape index (κ1) is 21.8. The van der Waals surface area contributed by atoms with Gasteiger partial charge in [0.2, 0.25) is 0 Å². The number of carbonyl (C=O) groups is 1. The van der Waals surface area contributed by atoms with E-state index < -0.39 is 47.4 Å². The molecule has 4 rings (SSSR count). The number of hydrogen-bond acceptors (Lipinski definition) is 12. The maximum Gasteiger partial charge on any atom is 0.362 e. The van der Waals surface area contributed by atoms with Crippen molar-refractivity contribution in [3.63, 3.8) is 0 Å². The van der Waals surface area contributed by atoms with Gasteiger partial charge in [0.25, 0.3) is 5.91 Å². The molecule has 0 aliphatic carbocycles. The lowest BCUT2D eigenvalue weighted by atomic mass is 10.1. The van der Waals surface area contributed by atoms with E-state index in [0.717, 1.165) is 0 Å². The van der Waals surface area contributed by atoms with Crippen LogP contribution in [0, 0.1) is 0 Å². The Bertz CT molecular complexity index is 1250. The number of amides is 1. The second-order valence-electron chi connectivity index (χ2n) is 6.85. The van der Waals surface area contributed by atoms with Crippen LogP contribution in [0.3, 0.4) is 0 Å². The third kappa shape index (κ3) is 4.19. The van der Waals surface area contributed by atoms with Crippen LogP contribution in [0.15, 0.2) is 36.9 Å². The van der Waals surface area contributed by atoms with Crippen molar-refractivity contribution in [1.29, 1.82) is 0 Å². The third-order valence-electron chi connectivity index (χ3n) is 4.73. The summed E-state index contributed by atoms with van der Waals surface area (Å²) in [7, 11) is -4.57. The number of fused-ring (bicyclic) bond motifs is 1. The number of rotatable bonds is 6. The predicted octanol–water partition coefficient (Wildman–Crippen LogP) is -1.58. The fourth-order valence-electron chi connectivity index (χ4n) is 3.12. The summed E-state index contributed by atoms with van der Waals surface area (Å²) in [6.07, 6.45) is -2.92. The van der Waals surface area contributed by atoms with Gasteiger partial charge >= 0.3 is 10.3 Å². The summed E-state index contributed by atoms with van der Waals surface area (Å²) in [4.78, 5) is 23.9. The zero-order valence-corrected chi connectivity index (χ0v) is 17.0. The van der Waals surface area contributed by atoms with Crippen molar-refractivity contribution < 1.29 is 37.5 Å². The minimum Gasteiger partial charge on any atom is -0.508 e. The lowest BCUT2D eigenvalue weighted by Gasteiger charge is -2.16. The predicted molar refractivity (Wildman–Crippen MR) is 106 cm³/mol. The molecule has 0 unspecified atom stereocenters. The molecule has 3 heterocycles. The number of nitrogens with zero attached hydrogens (tertiary/aromatic N) is 4. The highest BCUT2D eigenvalue weighted by atomic mass is 32.2. The fourth-order valence-corrected chi connectivity index (χ4v) is 3.84. The number of aromatic hydroxyl groups is 1. The number of aliphatic hydroxyl groups is 2. The number of aliphatic hydroxyl groups excluding tert-OH is 2. The molecule has 0 spiro atoms. The van der Waals surface area contributed by atoms with Crippen LogP contribution in [0.4, 0.5) is 5.82 Å². The molecule has 4 atom stereocenters. The van der Waals surface area contributed by atoms with Gasteiger partial charge in [-0.3, -0.25) is 13.5 Å². The van der Waals surface area contributed by atoms with Crippen molar-refractivity contribution in [1.82, 2.24) is 24.2 Å². The molecule has 15 heteroatoms. The van der Waals surface area contributed by atoms with Crippen LogP contribution in [0.1, 0.15) is 16.6 Å². The molecule has 1 aromatic carbocycles. The minimum atomic E-state index is -4.57. The van der Waals surface area contributed by atoms with Crippen LogP contribution in [0.5, 0.6) is 5.75 Å². The normalized spacial score (nSPS) is 23.4. The highest BCUT2D eigenvalue weighted by Gasteiger charge is 2.45. The van der Waals surface area contributed by atoms with Gasteiger partial charge in [0.15, 0.2) is 17.7 Å². The van der Waals surface area contributed by atoms with Crippen molar-refractivity contribution in [3.05, 3.63) is 42.5 Å². The van der Waals surface area contributed by atoms with Crippen molar-refractivity contribution in [2.75, 3.05) is 12.3 Å². The summed E-state index contributed by atoms with van der Waals surface area (Å²) < 4.78 is 37.5. The highest BCUT2D eigenvalue weighted by molar-refractivity contribution is 7.85. The molecule has 0 saturated carbocycles. The number of phenols is 1. The van der Waals surface area contributed by atoms with E-state index in [2.05, 4.69) is 15.0 Å². The minimum absolute atomic E-state index is 0.0316. The summed E-state index contributed by atoms with van der Waals surface area (Å²) in [6.45, 7) is -0.698. The molecular weight excluding hydrogens is 448 g/mol. The monoisotopic (exact) mass is 466 g/mol. The number of anilines is 1. The molecule has 1 amide bonds. The van der Waals surface area contributed by atoms with E-state index in [9.17, 15) is 28.5 Å². The van der Waals surface area contributed by atoms with E-state index in [4.69, 9.17) is 14.7 Å². The Morgan fingerprint density at radius 3 is 2.62 bits per heavy atom. The third-order valence-corrected chi connectivity index (χ3v) is 5.61. The Morgan fingerprint density at radius 1 is 1.19 bits per heavy atom. The second kappa shape index (κ2) is 8.29. The average Bonchev–Trinajstić information content (AvgIpc) is 3.29. The van der Waals surface area contributed by atoms with Gasteiger partial charge in [-0.2, -0.15) is 8.42 Å². The number of hydrogen-bond donors (Lipinski definition) is 5. The standard InChI is InChI=1S/C17H18N6O8S/c18-14-11-15(20-6-19-14)23(7-21-11)17-13(26)12(25)10(31-17)5-30-32(28,29)22-16(27)8-1-3-9(24)4-2-8/h1-4,6-7,10,12-13,17,24-26H,5H2,(H,22,27)(H2,18,19,20)/t10-,12-,13-,17-/m1/s1. The van der Waals surface area contributed by atoms with E-state index >= 15 is 0 Å². The summed E-state index contributed by atoms with van der Waals surface area (Å²) >= 11 is 0. The number of ether oxygens (including phenoxy) is 1. The van der Waals surface area contributed by atoms with Gasteiger partial charge in [0.05, 0.1) is 12.9 Å². The van der Waals surface area contributed by atoms with Crippen LogP contribution in [-0.4, -0.2) is 74.1 Å². The Balaban J connectivity index is 1.42. The number of nitrogen functional groups attached to an aromatic ring is 1. The van der Waals surface area contributed by atoms with Gasteiger partial charge in [-0.25, -0.2) is 19.7 Å². The maximum atomic E-state index is 12.1. The summed E-state index contributed by atoms with van der Waals surface area (Å²) in [5, 5.41) is 29.9. The summed E-state index contributed by atoms with van der Waals surface area (Å²) in [5.74, 6) is -0.976. The Kier molecular flexibility index (Phi) is 5.66. The van der Waals surface area contributed by atoms with Gasteiger partial charge in [-0.15, -0.1) is 0 Å². The van der Waals surface area contributed by atoms with E-state index in [1.165, 1.54) is 41.5 Å². The van der Waals surface area contributed by atoms with Crippen molar-refractivity contribution in [2.24, 2.45) is 0 Å². The number of phenolic OH excluding ortho intramolecular Hbond substituents is 1. The molecule has 1 saturated heterocycles. The molecule has 14 nitrogen and oxygen atoms in total. The van der Waals surface area contributed by atoms with Gasteiger partial charge < -0.3 is 25.8 Å². The number of benzene rings is 1. The van der Waals surface area contributed by atoms with E-state index in [1.807, 2.05) is 0 Å². The first-order chi connectivity index (χ1) is 15.2. The van der Waals surface area contributed by atoms with Crippen LogP contribution in [-0.2, 0) is 19.2 Å². The Morgan fingerprint density at radius 2 is 1.91 bits per heavy atom. The molecule has 1 aliphatic rings. The quantitative estimate of drug-likeness (QED) is 0.279. The average molecular weight is 466 g/mol. The zero-order chi connectivity index (χ0) is 23.0. The smallest absolute Gasteiger partial charge is 0.362 e. The lowest BCUT2D eigenvalue weighted by Crippen LogP contribution is -2.37. The van der Waals surface area contributed by atoms with Crippen LogP contribution < -0.4 is 10.5 Å². The summed E-state index contributed by atoms with van der Waals surface area (Å²) in [5.41, 5.74) is 6.20. The number of imidazole rings is 1. The number of nitrogens with two attached hydrogens (primary N) is 1. The van der Waals surface area contributed by atoms with Crippen molar-refractivity contribution >= 4 is 33.2 Å². The second-order valence-corrected chi connectivity index (χ2v) is 8.19. The number of aromatic nitrogens is 4. The Labute approximate surface area is 180 Å². The topological polar surface area (TPSA) is 212 Å². The molecule has 1 aliphatic heterocycles. The maximum absolute atomic E-state index is 12.1. The first-order valence-electron chi connectivity index (χ1n) is 9.11. The van der Waals surface area contributed by atoms with Crippen LogP contribution in [0.2, 0.25) is 0 Å². The van der Waals surface area contributed by atoms with E-state index in [0.29, 0.717) is 0 Å². The molecule has 0 radical (unpaired) electrons. The molecule has 6 N–H and O–H groups in total. The van der Waals surface area contributed by atoms with Crippen LogP contribution >= 0.6 is 0 Å². The van der Waals surface area contributed by atoms with Gasteiger partial charge in [-0.05, 0) is 24.3 Å². The first-order valence-corrected chi connectivity index (χ1v) is 10.5. The summed E-state index contributed by atoms with van der Waals surface area (Å²) in [6, 6.07) is 4.86. The molecule has 32 heavy (non-hydrogen) atoms. The van der Waals surface area contributed by atoms with E-state index in [-0.39, 0.29) is 28.3 Å². The molecular formula is C17H18N6O8S. The zero-order valence-electron chi connectivity index (χ0n) is 16.1. The fraction of sp³-hybridized carbons (Fsp3) is 0.294. The van der Waals surface area contributed by atoms with Gasteiger partial charge in [0, 0.05) is 5.56 Å². The Hall–Kier alpha value is -3.37. The number of carbonyl (C=O) groups excluding carboxylic acids is 1. The van der Waals surface area contributed by atoms with Crippen LogP contribution in [0.25, 0.3) is 11.2 Å². The van der Waals surface area contributed by atoms with Gasteiger partial charge in [0.1, 0.15) is 35.9 Å². The highest BCUT2D eigenvalue weighted by Crippen LogP contribution is 2.32. The van der Waals surface area contributed by atoms with Crippen molar-refractivity contribution in [2.45, 2.75) is 24.5 Å². The molecule has 2 aromatic heterocycles. The SMILES string of the molecule is Nc1ncnc2c1ncn2[C@@H]1O[C@H](COS(=O)(=O)NC(=O)c2ccc(O)cc2)[C@@H](O)[C@H]1O. The number of nitrogens with one attached hydrogen (secondary N) is 1. The molecule has 170 valence electrons. The lowest BCUT2D eigenvalue weighted by molar-refractivity contribution is -0.0468. The molecule has 3 aromatic rings. The molecule has 1 fully saturated rings. The molecule has 0 bridgehead atoms.